The molecule has 0 aliphatic carbocycles. The van der Waals surface area contributed by atoms with Crippen LogP contribution in [0.3, 0.4) is 0 Å². The molecule has 0 saturated heterocycles. The molecule has 0 bridgehead atoms. The third-order valence-electron chi connectivity index (χ3n) is 2.74. The van der Waals surface area contributed by atoms with E-state index in [1.54, 1.807) is 11.8 Å². The average Bonchev–Trinajstić information content (AvgIpc) is 2.82. The van der Waals surface area contributed by atoms with Crippen molar-refractivity contribution in [1.29, 1.82) is 0 Å². The summed E-state index contributed by atoms with van der Waals surface area (Å²) in [4.78, 5) is 7.88. The maximum Gasteiger partial charge on any atom is 0.166 e. The Bertz CT molecular complexity index is 691. The molecule has 2 nitrogen and oxygen atoms in total. The monoisotopic (exact) mass is 396 g/mol. The van der Waals surface area contributed by atoms with E-state index in [2.05, 4.69) is 54.0 Å². The van der Waals surface area contributed by atoms with Crippen molar-refractivity contribution in [3.63, 3.8) is 0 Å². The second kappa shape index (κ2) is 5.69. The third-order valence-corrected chi connectivity index (χ3v) is 4.93. The summed E-state index contributed by atoms with van der Waals surface area (Å²) in [5.74, 6) is 0.875. The topological polar surface area (TPSA) is 28.7 Å². The van der Waals surface area contributed by atoms with Crippen LogP contribution in [0.1, 0.15) is 5.56 Å². The number of fused-ring (bicyclic) bond motifs is 1. The Morgan fingerprint density at radius 1 is 1.11 bits per heavy atom. The van der Waals surface area contributed by atoms with Gasteiger partial charge >= 0.3 is 0 Å². The smallest absolute Gasteiger partial charge is 0.166 e. The zero-order valence-electron chi connectivity index (χ0n) is 9.86. The predicted octanol–water partition coefficient (Wildman–Crippen LogP) is 5.38. The number of thioether (sulfide) groups is 1. The summed E-state index contributed by atoms with van der Waals surface area (Å²) in [6.07, 6.45) is 0. The largest absolute Gasteiger partial charge is 0.333 e. The Kier molecular flexibility index (Phi) is 3.96. The highest BCUT2D eigenvalue weighted by Gasteiger charge is 2.05. The Morgan fingerprint density at radius 3 is 2.79 bits per heavy atom. The van der Waals surface area contributed by atoms with Crippen molar-refractivity contribution in [2.45, 2.75) is 10.9 Å². The summed E-state index contributed by atoms with van der Waals surface area (Å²) in [6.45, 7) is 0. The lowest BCUT2D eigenvalue weighted by Crippen LogP contribution is -1.84. The number of rotatable bonds is 3. The lowest BCUT2D eigenvalue weighted by atomic mass is 10.2. The molecule has 0 aliphatic heterocycles. The number of nitrogens with one attached hydrogen (secondary N) is 1. The van der Waals surface area contributed by atoms with Crippen molar-refractivity contribution in [3.05, 3.63) is 57.0 Å². The summed E-state index contributed by atoms with van der Waals surface area (Å²) in [5.41, 5.74) is 3.34. The number of hydrogen-bond acceptors (Lipinski definition) is 2. The number of aromatic nitrogens is 2. The Hall–Kier alpha value is -0.780. The van der Waals surface area contributed by atoms with Crippen molar-refractivity contribution >= 4 is 54.7 Å². The highest BCUT2D eigenvalue weighted by atomic mass is 79.9. The molecule has 0 amide bonds. The molecule has 1 aromatic heterocycles. The summed E-state index contributed by atoms with van der Waals surface area (Å²) < 4.78 is 2.22. The van der Waals surface area contributed by atoms with Gasteiger partial charge in [-0.2, -0.15) is 0 Å². The molecule has 0 aliphatic rings. The van der Waals surface area contributed by atoms with Gasteiger partial charge in [-0.05, 0) is 35.9 Å². The zero-order chi connectivity index (χ0) is 13.2. The molecule has 0 unspecified atom stereocenters. The molecule has 96 valence electrons. The quantitative estimate of drug-likeness (QED) is 0.601. The van der Waals surface area contributed by atoms with Crippen molar-refractivity contribution in [3.8, 4) is 0 Å². The average molecular weight is 398 g/mol. The van der Waals surface area contributed by atoms with Gasteiger partial charge in [-0.15, -0.1) is 0 Å². The number of para-hydroxylation sites is 2. The van der Waals surface area contributed by atoms with Gasteiger partial charge in [-0.3, -0.25) is 0 Å². The van der Waals surface area contributed by atoms with Crippen molar-refractivity contribution in [2.24, 2.45) is 0 Å². The van der Waals surface area contributed by atoms with E-state index in [0.717, 1.165) is 30.9 Å². The molecule has 2 aromatic carbocycles. The lowest BCUT2D eigenvalue weighted by Gasteiger charge is -2.03. The van der Waals surface area contributed by atoms with E-state index in [-0.39, 0.29) is 0 Å². The molecule has 0 atom stereocenters. The molecule has 1 N–H and O–H groups in total. The third kappa shape index (κ3) is 3.04. The Labute approximate surface area is 132 Å². The van der Waals surface area contributed by atoms with Crippen LogP contribution < -0.4 is 0 Å². The minimum Gasteiger partial charge on any atom is -0.333 e. The van der Waals surface area contributed by atoms with Crippen molar-refractivity contribution in [1.82, 2.24) is 9.97 Å². The fourth-order valence-electron chi connectivity index (χ4n) is 1.80. The number of halogens is 2. The number of aromatic amines is 1. The fraction of sp³-hybridized carbons (Fsp3) is 0.0714. The molecular weight excluding hydrogens is 388 g/mol. The van der Waals surface area contributed by atoms with E-state index in [9.17, 15) is 0 Å². The van der Waals surface area contributed by atoms with Crippen LogP contribution in [0, 0.1) is 0 Å². The second-order valence-corrected chi connectivity index (χ2v) is 6.82. The Morgan fingerprint density at radius 2 is 1.95 bits per heavy atom. The summed E-state index contributed by atoms with van der Waals surface area (Å²) in [7, 11) is 0. The molecule has 0 radical (unpaired) electrons. The van der Waals surface area contributed by atoms with E-state index < -0.39 is 0 Å². The summed E-state index contributed by atoms with van der Waals surface area (Å²) in [6, 6.07) is 14.3. The molecule has 3 rings (SSSR count). The summed E-state index contributed by atoms with van der Waals surface area (Å²) in [5, 5.41) is 0.952. The molecule has 19 heavy (non-hydrogen) atoms. The van der Waals surface area contributed by atoms with Crippen LogP contribution in [-0.4, -0.2) is 9.97 Å². The normalized spacial score (nSPS) is 11.1. The first-order valence-corrected chi connectivity index (χ1v) is 8.31. The summed E-state index contributed by atoms with van der Waals surface area (Å²) >= 11 is 8.78. The second-order valence-electron chi connectivity index (χ2n) is 4.08. The standard InChI is InChI=1S/C14H10Br2N2S/c15-10-5-6-11(16)9(7-10)8-19-14-17-12-3-1-2-4-13(12)18-14/h1-7H,8H2,(H,17,18). The molecular formula is C14H10Br2N2S. The predicted molar refractivity (Wildman–Crippen MR) is 87.5 cm³/mol. The molecule has 0 saturated carbocycles. The van der Waals surface area contributed by atoms with Gasteiger partial charge in [0.05, 0.1) is 11.0 Å². The van der Waals surface area contributed by atoms with E-state index in [1.807, 2.05) is 30.3 Å². The van der Waals surface area contributed by atoms with Gasteiger partial charge in [-0.1, -0.05) is 55.8 Å². The van der Waals surface area contributed by atoms with Gasteiger partial charge in [0.2, 0.25) is 0 Å². The van der Waals surface area contributed by atoms with Crippen LogP contribution in [0.15, 0.2) is 56.6 Å². The first kappa shape index (κ1) is 13.2. The van der Waals surface area contributed by atoms with Gasteiger partial charge in [0.15, 0.2) is 5.16 Å². The van der Waals surface area contributed by atoms with Gasteiger partial charge in [-0.25, -0.2) is 4.98 Å². The van der Waals surface area contributed by atoms with Crippen LogP contribution >= 0.6 is 43.6 Å². The lowest BCUT2D eigenvalue weighted by molar-refractivity contribution is 1.08. The van der Waals surface area contributed by atoms with E-state index in [1.165, 1.54) is 5.56 Å². The van der Waals surface area contributed by atoms with Crippen LogP contribution in [0.25, 0.3) is 11.0 Å². The molecule has 0 spiro atoms. The van der Waals surface area contributed by atoms with E-state index in [0.29, 0.717) is 0 Å². The number of hydrogen-bond donors (Lipinski definition) is 1. The van der Waals surface area contributed by atoms with Crippen LogP contribution in [0.5, 0.6) is 0 Å². The number of imidazole rings is 1. The van der Waals surface area contributed by atoms with E-state index >= 15 is 0 Å². The van der Waals surface area contributed by atoms with Gasteiger partial charge in [0.25, 0.3) is 0 Å². The highest BCUT2D eigenvalue weighted by molar-refractivity contribution is 9.11. The van der Waals surface area contributed by atoms with Crippen molar-refractivity contribution < 1.29 is 0 Å². The Balaban J connectivity index is 1.80. The van der Waals surface area contributed by atoms with Crippen LogP contribution in [-0.2, 0) is 5.75 Å². The fourth-order valence-corrected chi connectivity index (χ4v) is 3.65. The number of nitrogens with zero attached hydrogens (tertiary/aromatic N) is 1. The molecule has 3 aromatic rings. The van der Waals surface area contributed by atoms with Crippen molar-refractivity contribution in [2.75, 3.05) is 0 Å². The van der Waals surface area contributed by atoms with E-state index in [4.69, 9.17) is 0 Å². The van der Waals surface area contributed by atoms with Gasteiger partial charge in [0, 0.05) is 14.7 Å². The minimum atomic E-state index is 0.875. The minimum absolute atomic E-state index is 0.875. The first-order valence-electron chi connectivity index (χ1n) is 5.74. The zero-order valence-corrected chi connectivity index (χ0v) is 13.8. The SMILES string of the molecule is Brc1ccc(Br)c(CSc2nc3ccccc3[nH]2)c1. The van der Waals surface area contributed by atoms with Gasteiger partial charge in [0.1, 0.15) is 0 Å². The van der Waals surface area contributed by atoms with Gasteiger partial charge < -0.3 is 4.98 Å². The number of benzene rings is 2. The first-order chi connectivity index (χ1) is 9.22. The molecule has 5 heteroatoms. The maximum absolute atomic E-state index is 4.56. The number of H-pyrrole nitrogens is 1. The van der Waals surface area contributed by atoms with Crippen LogP contribution in [0.2, 0.25) is 0 Å². The maximum atomic E-state index is 4.56. The highest BCUT2D eigenvalue weighted by Crippen LogP contribution is 2.28. The molecule has 1 heterocycles. The molecule has 0 fully saturated rings. The van der Waals surface area contributed by atoms with Crippen LogP contribution in [0.4, 0.5) is 0 Å².